The molecule has 0 atom stereocenters. The first-order chi connectivity index (χ1) is 2.64. The van der Waals surface area contributed by atoms with Gasteiger partial charge in [0.25, 0.3) is 0 Å². The molecule has 0 aliphatic rings. The summed E-state index contributed by atoms with van der Waals surface area (Å²) in [5, 5.41) is 0. The highest BCUT2D eigenvalue weighted by molar-refractivity contribution is 5.02. The minimum Gasteiger partial charge on any atom is -0.344 e. The van der Waals surface area contributed by atoms with E-state index in [1.807, 2.05) is 0 Å². The quantitative estimate of drug-likeness (QED) is 0.491. The van der Waals surface area contributed by atoms with Crippen molar-refractivity contribution in [3.63, 3.8) is 0 Å². The predicted octanol–water partition coefficient (Wildman–Crippen LogP) is 2.68. The second-order valence-electron chi connectivity index (χ2n) is 2.00. The van der Waals surface area contributed by atoms with E-state index in [1.54, 1.807) is 0 Å². The van der Waals surface area contributed by atoms with Crippen LogP contribution in [0.2, 0.25) is 0 Å². The highest BCUT2D eigenvalue weighted by atomic mass is 19.0. The standard InChI is InChI=1S/C6H12.FH.H3N/c1-5(2)6(3)4;;/h1-4H3;1H;1H3. The van der Waals surface area contributed by atoms with Crippen LogP contribution in [0.5, 0.6) is 0 Å². The number of rotatable bonds is 0. The summed E-state index contributed by atoms with van der Waals surface area (Å²) in [4.78, 5) is 0. The van der Waals surface area contributed by atoms with Gasteiger partial charge in [-0.05, 0) is 27.7 Å². The first-order valence-corrected chi connectivity index (χ1v) is 2.25. The predicted molar refractivity (Wildman–Crippen MR) is 37.2 cm³/mol. The van der Waals surface area contributed by atoms with Crippen LogP contribution in [-0.4, -0.2) is 0 Å². The van der Waals surface area contributed by atoms with Gasteiger partial charge in [-0.25, -0.2) is 0 Å². The Labute approximate surface area is 50.7 Å². The third-order valence-electron chi connectivity index (χ3n) is 1.00. The summed E-state index contributed by atoms with van der Waals surface area (Å²) < 4.78 is 0. The van der Waals surface area contributed by atoms with Crippen molar-refractivity contribution in [2.75, 3.05) is 0 Å². The molecule has 3 N–H and O–H groups in total. The van der Waals surface area contributed by atoms with Crippen LogP contribution >= 0.6 is 0 Å². The van der Waals surface area contributed by atoms with Crippen molar-refractivity contribution in [2.24, 2.45) is 0 Å². The first kappa shape index (κ1) is 15.6. The highest BCUT2D eigenvalue weighted by Gasteiger charge is 1.75. The first-order valence-electron chi connectivity index (χ1n) is 2.25. The maximum atomic E-state index is 2.12. The maximum absolute atomic E-state index is 2.12. The summed E-state index contributed by atoms with van der Waals surface area (Å²) in [6.07, 6.45) is 0. The molecule has 0 aromatic heterocycles. The third kappa shape index (κ3) is 9.16. The fourth-order valence-corrected chi connectivity index (χ4v) is 0. The van der Waals surface area contributed by atoms with Crippen LogP contribution in [0.3, 0.4) is 0 Å². The average molecular weight is 121 g/mol. The number of allylic oxidation sites excluding steroid dienone is 2. The molecule has 0 fully saturated rings. The van der Waals surface area contributed by atoms with Crippen molar-refractivity contribution >= 4 is 0 Å². The van der Waals surface area contributed by atoms with E-state index in [4.69, 9.17) is 0 Å². The lowest BCUT2D eigenvalue weighted by Gasteiger charge is -1.88. The monoisotopic (exact) mass is 121 g/mol. The van der Waals surface area contributed by atoms with Gasteiger partial charge < -0.3 is 6.15 Å². The van der Waals surface area contributed by atoms with Crippen molar-refractivity contribution in [3.8, 4) is 0 Å². The molecule has 0 spiro atoms. The molecule has 0 saturated carbocycles. The maximum Gasteiger partial charge on any atom is -0.0440 e. The van der Waals surface area contributed by atoms with Crippen LogP contribution in [0, 0.1) is 0 Å². The largest absolute Gasteiger partial charge is 0.344 e. The zero-order chi connectivity index (χ0) is 5.15. The molecule has 0 unspecified atom stereocenters. The molecule has 0 radical (unpaired) electrons. The summed E-state index contributed by atoms with van der Waals surface area (Å²) >= 11 is 0. The Bertz CT molecular complexity index is 58.6. The van der Waals surface area contributed by atoms with Crippen LogP contribution in [0.1, 0.15) is 27.7 Å². The summed E-state index contributed by atoms with van der Waals surface area (Å²) in [5.74, 6) is 0. The molecule has 0 rings (SSSR count). The van der Waals surface area contributed by atoms with Gasteiger partial charge in [0.15, 0.2) is 0 Å². The number of hydrogen-bond acceptors (Lipinski definition) is 1. The summed E-state index contributed by atoms with van der Waals surface area (Å²) in [7, 11) is 0. The van der Waals surface area contributed by atoms with E-state index in [0.717, 1.165) is 0 Å². The van der Waals surface area contributed by atoms with Gasteiger partial charge in [-0.2, -0.15) is 0 Å². The molecule has 0 heterocycles. The van der Waals surface area contributed by atoms with E-state index in [9.17, 15) is 0 Å². The zero-order valence-corrected chi connectivity index (χ0v) is 6.12. The molecule has 0 aliphatic carbocycles. The van der Waals surface area contributed by atoms with Gasteiger partial charge in [-0.15, -0.1) is 0 Å². The molecular weight excluding hydrogens is 105 g/mol. The van der Waals surface area contributed by atoms with E-state index < -0.39 is 0 Å². The third-order valence-corrected chi connectivity index (χ3v) is 1.00. The Balaban J connectivity index is -0.000000125. The molecular formula is C6H16FN. The smallest absolute Gasteiger partial charge is 0.0440 e. The Morgan fingerprint density at radius 2 is 0.875 bits per heavy atom. The Hall–Kier alpha value is -0.370. The van der Waals surface area contributed by atoms with Crippen LogP contribution in [0.15, 0.2) is 11.1 Å². The van der Waals surface area contributed by atoms with Gasteiger partial charge in [0.2, 0.25) is 0 Å². The Morgan fingerprint density at radius 1 is 0.750 bits per heavy atom. The second kappa shape index (κ2) is 6.63. The summed E-state index contributed by atoms with van der Waals surface area (Å²) in [6.45, 7) is 8.48. The van der Waals surface area contributed by atoms with E-state index in [-0.39, 0.29) is 10.9 Å². The molecule has 0 aliphatic heterocycles. The van der Waals surface area contributed by atoms with Crippen LogP contribution in [0.4, 0.5) is 4.70 Å². The molecule has 1 nitrogen and oxygen atoms in total. The lowest BCUT2D eigenvalue weighted by molar-refractivity contribution is 1.11. The second-order valence-corrected chi connectivity index (χ2v) is 2.00. The van der Waals surface area contributed by atoms with Gasteiger partial charge >= 0.3 is 0 Å². The average Bonchev–Trinajstić information content (AvgIpc) is 1.36. The fraction of sp³-hybridized carbons (Fsp3) is 0.667. The van der Waals surface area contributed by atoms with Gasteiger partial charge in [0.05, 0.1) is 0 Å². The minimum atomic E-state index is 0. The van der Waals surface area contributed by atoms with E-state index >= 15 is 0 Å². The molecule has 8 heavy (non-hydrogen) atoms. The lowest BCUT2D eigenvalue weighted by atomic mass is 10.2. The number of halogens is 1. The SMILES string of the molecule is CC(C)=C(C)C.F.N. The van der Waals surface area contributed by atoms with Crippen molar-refractivity contribution in [1.82, 2.24) is 6.15 Å². The molecule has 0 aromatic rings. The van der Waals surface area contributed by atoms with Gasteiger partial charge in [-0.3, -0.25) is 4.70 Å². The topological polar surface area (TPSA) is 35.0 Å². The van der Waals surface area contributed by atoms with Gasteiger partial charge in [0.1, 0.15) is 0 Å². The molecule has 2 heteroatoms. The van der Waals surface area contributed by atoms with Crippen molar-refractivity contribution in [3.05, 3.63) is 11.1 Å². The van der Waals surface area contributed by atoms with Crippen LogP contribution in [0.25, 0.3) is 0 Å². The normalized spacial score (nSPS) is 6.00. The number of hydrogen-bond donors (Lipinski definition) is 1. The van der Waals surface area contributed by atoms with Crippen molar-refractivity contribution in [1.29, 1.82) is 0 Å². The molecule has 0 amide bonds. The minimum absolute atomic E-state index is 0. The van der Waals surface area contributed by atoms with E-state index in [2.05, 4.69) is 27.7 Å². The van der Waals surface area contributed by atoms with Gasteiger partial charge in [-0.1, -0.05) is 11.1 Å². The Morgan fingerprint density at radius 3 is 0.875 bits per heavy atom. The molecule has 0 aromatic carbocycles. The zero-order valence-electron chi connectivity index (χ0n) is 6.12. The van der Waals surface area contributed by atoms with E-state index in [1.165, 1.54) is 11.1 Å². The Kier molecular flexibility index (Phi) is 13.0. The van der Waals surface area contributed by atoms with Crippen LogP contribution < -0.4 is 6.15 Å². The van der Waals surface area contributed by atoms with Crippen molar-refractivity contribution < 1.29 is 4.70 Å². The molecule has 0 bridgehead atoms. The van der Waals surface area contributed by atoms with Gasteiger partial charge in [0, 0.05) is 0 Å². The fourth-order valence-electron chi connectivity index (χ4n) is 0. The van der Waals surface area contributed by atoms with Crippen LogP contribution in [-0.2, 0) is 0 Å². The highest BCUT2D eigenvalue weighted by Crippen LogP contribution is 1.96. The summed E-state index contributed by atoms with van der Waals surface area (Å²) in [5.41, 5.74) is 2.85. The molecule has 0 saturated heterocycles. The molecule has 52 valence electrons. The summed E-state index contributed by atoms with van der Waals surface area (Å²) in [6, 6.07) is 0. The lowest BCUT2D eigenvalue weighted by Crippen LogP contribution is -1.66. The van der Waals surface area contributed by atoms with Crippen molar-refractivity contribution in [2.45, 2.75) is 27.7 Å². The van der Waals surface area contributed by atoms with E-state index in [0.29, 0.717) is 0 Å².